The molecule has 32 heavy (non-hydrogen) atoms. The minimum absolute atomic E-state index is 0.0272. The summed E-state index contributed by atoms with van der Waals surface area (Å²) in [6.07, 6.45) is -0.653. The summed E-state index contributed by atoms with van der Waals surface area (Å²) in [6.45, 7) is 0.770. The van der Waals surface area contributed by atoms with Gasteiger partial charge in [-0.15, -0.1) is 11.3 Å². The Morgan fingerprint density at radius 3 is 2.41 bits per heavy atom. The van der Waals surface area contributed by atoms with Gasteiger partial charge in [0, 0.05) is 24.3 Å². The molecule has 3 amide bonds. The Labute approximate surface area is 192 Å². The second-order valence-corrected chi connectivity index (χ2v) is 9.23. The second kappa shape index (κ2) is 9.17. The number of cyclic esters (lactones) is 1. The van der Waals surface area contributed by atoms with Crippen LogP contribution in [0.1, 0.15) is 22.5 Å². The zero-order chi connectivity index (χ0) is 22.8. The summed E-state index contributed by atoms with van der Waals surface area (Å²) >= 11 is 7.01. The van der Waals surface area contributed by atoms with Crippen LogP contribution in [0.5, 0.6) is 0 Å². The van der Waals surface area contributed by atoms with Gasteiger partial charge in [-0.1, -0.05) is 11.6 Å². The highest BCUT2D eigenvalue weighted by molar-refractivity contribution is 7.18. The lowest BCUT2D eigenvalue weighted by molar-refractivity contribution is -0.144. The van der Waals surface area contributed by atoms with Crippen LogP contribution >= 0.6 is 22.9 Å². The number of aliphatic carboxylic acids is 1. The number of nitrogens with one attached hydrogen (secondary N) is 1. The van der Waals surface area contributed by atoms with Crippen LogP contribution in [0.4, 0.5) is 16.2 Å². The van der Waals surface area contributed by atoms with E-state index in [1.807, 2.05) is 0 Å². The summed E-state index contributed by atoms with van der Waals surface area (Å²) in [5.41, 5.74) is 1.25. The van der Waals surface area contributed by atoms with Gasteiger partial charge in [0.2, 0.25) is 5.91 Å². The van der Waals surface area contributed by atoms with Gasteiger partial charge in [-0.05, 0) is 42.8 Å². The molecule has 2 aliphatic rings. The number of rotatable bonds is 6. The first kappa shape index (κ1) is 22.1. The van der Waals surface area contributed by atoms with Crippen LogP contribution < -0.4 is 15.1 Å². The number of thiophene rings is 1. The summed E-state index contributed by atoms with van der Waals surface area (Å²) in [4.78, 5) is 51.3. The second-order valence-electron chi connectivity index (χ2n) is 7.52. The molecule has 168 valence electrons. The zero-order valence-corrected chi connectivity index (χ0v) is 18.4. The molecule has 2 atom stereocenters. The monoisotopic (exact) mass is 477 g/mol. The van der Waals surface area contributed by atoms with E-state index in [0.29, 0.717) is 33.6 Å². The molecule has 0 saturated carbocycles. The Hall–Kier alpha value is -3.11. The van der Waals surface area contributed by atoms with E-state index in [1.165, 1.54) is 16.2 Å². The summed E-state index contributed by atoms with van der Waals surface area (Å²) in [6, 6.07) is 10.1. The number of carbonyl (C=O) groups is 4. The number of hydrogen-bond donors (Lipinski definition) is 2. The van der Waals surface area contributed by atoms with E-state index < -0.39 is 24.1 Å². The summed E-state index contributed by atoms with van der Waals surface area (Å²) < 4.78 is 5.87. The van der Waals surface area contributed by atoms with E-state index in [0.717, 1.165) is 0 Å². The van der Waals surface area contributed by atoms with Crippen molar-refractivity contribution in [2.75, 3.05) is 29.4 Å². The van der Waals surface area contributed by atoms with Crippen LogP contribution in [0.25, 0.3) is 0 Å². The normalized spacial score (nSPS) is 20.9. The lowest BCUT2D eigenvalue weighted by Crippen LogP contribution is -2.41. The number of carboxylic acids is 1. The van der Waals surface area contributed by atoms with Gasteiger partial charge < -0.3 is 20.1 Å². The average Bonchev–Trinajstić information content (AvgIpc) is 3.37. The average molecular weight is 478 g/mol. The third-order valence-electron chi connectivity index (χ3n) is 5.41. The molecule has 0 radical (unpaired) electrons. The lowest BCUT2D eigenvalue weighted by Gasteiger charge is -2.30. The van der Waals surface area contributed by atoms with Crippen molar-refractivity contribution in [3.8, 4) is 0 Å². The van der Waals surface area contributed by atoms with Crippen molar-refractivity contribution in [3.63, 3.8) is 0 Å². The fraction of sp³-hybridized carbons (Fsp3) is 0.333. The molecule has 4 rings (SSSR count). The molecular formula is C21H20ClN3O6S. The van der Waals surface area contributed by atoms with Gasteiger partial charge in [0.25, 0.3) is 5.91 Å². The number of carboxylic acid groups (broad SMARTS) is 1. The first-order valence-electron chi connectivity index (χ1n) is 9.96. The number of amides is 3. The molecule has 2 aliphatic heterocycles. The van der Waals surface area contributed by atoms with Crippen LogP contribution in [-0.4, -0.2) is 54.7 Å². The maximum atomic E-state index is 12.3. The Bertz CT molecular complexity index is 1060. The standard InChI is InChI=1S/C21H20ClN3O6S/c22-17-6-5-16(32-17)19(27)23-10-15-11-25(21(30)31-15)14-3-1-13(2-4-14)24-8-7-12(20(28)29)9-18(24)26/h1-6,12,15H,7-11H2,(H,23,27)(H,28,29)/t12?,15-/m0/s1. The quantitative estimate of drug-likeness (QED) is 0.660. The molecule has 2 N–H and O–H groups in total. The van der Waals surface area contributed by atoms with Crippen molar-refractivity contribution in [2.45, 2.75) is 18.9 Å². The van der Waals surface area contributed by atoms with Crippen molar-refractivity contribution >= 4 is 58.2 Å². The van der Waals surface area contributed by atoms with Crippen LogP contribution in [-0.2, 0) is 14.3 Å². The molecule has 9 nitrogen and oxygen atoms in total. The van der Waals surface area contributed by atoms with Gasteiger partial charge in [-0.2, -0.15) is 0 Å². The molecule has 0 bridgehead atoms. The molecule has 1 aromatic carbocycles. The van der Waals surface area contributed by atoms with E-state index in [1.54, 1.807) is 41.3 Å². The van der Waals surface area contributed by atoms with Gasteiger partial charge >= 0.3 is 12.1 Å². The molecule has 11 heteroatoms. The Morgan fingerprint density at radius 2 is 1.81 bits per heavy atom. The third-order valence-corrected chi connectivity index (χ3v) is 6.64. The van der Waals surface area contributed by atoms with E-state index in [-0.39, 0.29) is 31.3 Å². The highest BCUT2D eigenvalue weighted by Gasteiger charge is 2.34. The molecule has 1 aromatic heterocycles. The first-order valence-corrected chi connectivity index (χ1v) is 11.2. The lowest BCUT2D eigenvalue weighted by atomic mass is 9.96. The zero-order valence-electron chi connectivity index (χ0n) is 16.8. The van der Waals surface area contributed by atoms with Crippen molar-refractivity contribution in [1.82, 2.24) is 5.32 Å². The molecule has 0 aliphatic carbocycles. The molecule has 3 heterocycles. The summed E-state index contributed by atoms with van der Waals surface area (Å²) in [5, 5.41) is 11.8. The Balaban J connectivity index is 1.34. The number of piperidine rings is 1. The van der Waals surface area contributed by atoms with E-state index in [4.69, 9.17) is 21.4 Å². The van der Waals surface area contributed by atoms with Crippen LogP contribution in [0.15, 0.2) is 36.4 Å². The molecule has 1 unspecified atom stereocenters. The fourth-order valence-corrected chi connectivity index (χ4v) is 4.66. The number of carbonyl (C=O) groups excluding carboxylic acids is 3. The first-order chi connectivity index (χ1) is 15.3. The maximum Gasteiger partial charge on any atom is 0.414 e. The number of hydrogen-bond acceptors (Lipinski definition) is 6. The van der Waals surface area contributed by atoms with Crippen molar-refractivity contribution < 1.29 is 29.0 Å². The molecule has 2 fully saturated rings. The number of anilines is 2. The fourth-order valence-electron chi connectivity index (χ4n) is 3.70. The van der Waals surface area contributed by atoms with Gasteiger partial charge in [-0.25, -0.2) is 4.79 Å². The van der Waals surface area contributed by atoms with Gasteiger partial charge in [0.05, 0.1) is 28.2 Å². The predicted octanol–water partition coefficient (Wildman–Crippen LogP) is 2.98. The third kappa shape index (κ3) is 4.71. The largest absolute Gasteiger partial charge is 0.481 e. The SMILES string of the molecule is O=C(NC[C@H]1CN(c2ccc(N3CCC(C(=O)O)CC3=O)cc2)C(=O)O1)c1ccc(Cl)s1. The van der Waals surface area contributed by atoms with Crippen molar-refractivity contribution in [1.29, 1.82) is 0 Å². The minimum Gasteiger partial charge on any atom is -0.481 e. The van der Waals surface area contributed by atoms with Crippen LogP contribution in [0.3, 0.4) is 0 Å². The minimum atomic E-state index is -0.953. The number of benzene rings is 1. The van der Waals surface area contributed by atoms with E-state index in [9.17, 15) is 19.2 Å². The summed E-state index contributed by atoms with van der Waals surface area (Å²) in [7, 11) is 0. The molecule has 2 saturated heterocycles. The number of halogens is 1. The Kier molecular flexibility index (Phi) is 6.33. The predicted molar refractivity (Wildman–Crippen MR) is 118 cm³/mol. The molecule has 2 aromatic rings. The highest BCUT2D eigenvalue weighted by atomic mass is 35.5. The van der Waals surface area contributed by atoms with Gasteiger partial charge in [-0.3, -0.25) is 19.3 Å². The van der Waals surface area contributed by atoms with Gasteiger partial charge in [0.15, 0.2) is 0 Å². The maximum absolute atomic E-state index is 12.3. The molecular weight excluding hydrogens is 458 g/mol. The highest BCUT2D eigenvalue weighted by Crippen LogP contribution is 2.28. The van der Waals surface area contributed by atoms with E-state index >= 15 is 0 Å². The van der Waals surface area contributed by atoms with Crippen LogP contribution in [0.2, 0.25) is 4.34 Å². The molecule has 0 spiro atoms. The van der Waals surface area contributed by atoms with Crippen LogP contribution in [0, 0.1) is 5.92 Å². The van der Waals surface area contributed by atoms with Crippen molar-refractivity contribution in [2.24, 2.45) is 5.92 Å². The smallest absolute Gasteiger partial charge is 0.414 e. The summed E-state index contributed by atoms with van der Waals surface area (Å²) in [5.74, 6) is -2.12. The topological polar surface area (TPSA) is 116 Å². The van der Waals surface area contributed by atoms with Crippen molar-refractivity contribution in [3.05, 3.63) is 45.6 Å². The number of nitrogens with zero attached hydrogens (tertiary/aromatic N) is 2. The van der Waals surface area contributed by atoms with E-state index in [2.05, 4.69) is 5.32 Å². The van der Waals surface area contributed by atoms with Gasteiger partial charge in [0.1, 0.15) is 6.10 Å². The Morgan fingerprint density at radius 1 is 1.12 bits per heavy atom. The number of ether oxygens (including phenoxy) is 1.